The molecule has 7 heteroatoms. The van der Waals surface area contributed by atoms with Crippen molar-refractivity contribution in [2.75, 3.05) is 13.3 Å². The van der Waals surface area contributed by atoms with E-state index in [9.17, 15) is 13.5 Å². The van der Waals surface area contributed by atoms with E-state index in [4.69, 9.17) is 9.47 Å². The summed E-state index contributed by atoms with van der Waals surface area (Å²) in [6.07, 6.45) is 0.413. The number of sulfonamides is 1. The van der Waals surface area contributed by atoms with E-state index in [1.165, 1.54) is 12.1 Å². The van der Waals surface area contributed by atoms with Gasteiger partial charge in [0.05, 0.1) is 11.0 Å². The van der Waals surface area contributed by atoms with E-state index >= 15 is 0 Å². The lowest BCUT2D eigenvalue weighted by molar-refractivity contribution is 0.168. The Bertz CT molecular complexity index is 792. The van der Waals surface area contributed by atoms with Gasteiger partial charge in [-0.2, -0.15) is 0 Å². The Labute approximate surface area is 141 Å². The number of aliphatic hydroxyl groups excluding tert-OH is 1. The van der Waals surface area contributed by atoms with Crippen molar-refractivity contribution >= 4 is 10.0 Å². The first kappa shape index (κ1) is 16.8. The Morgan fingerprint density at radius 3 is 2.62 bits per heavy atom. The zero-order valence-electron chi connectivity index (χ0n) is 13.0. The van der Waals surface area contributed by atoms with Crippen LogP contribution in [0, 0.1) is 0 Å². The number of nitrogens with one attached hydrogen (secondary N) is 1. The maximum atomic E-state index is 12.3. The van der Waals surface area contributed by atoms with Crippen molar-refractivity contribution in [2.45, 2.75) is 23.8 Å². The minimum atomic E-state index is -3.71. The predicted octanol–water partition coefficient (Wildman–Crippen LogP) is 1.69. The predicted molar refractivity (Wildman–Crippen MR) is 88.5 cm³/mol. The molecular formula is C17H19NO5S. The fraction of sp³-hybridized carbons (Fsp3) is 0.294. The number of rotatable bonds is 7. The molecule has 0 aromatic heterocycles. The molecule has 0 bridgehead atoms. The summed E-state index contributed by atoms with van der Waals surface area (Å²) in [6.45, 7) is 0.0497. The van der Waals surface area contributed by atoms with Gasteiger partial charge >= 0.3 is 0 Å². The first-order chi connectivity index (χ1) is 11.5. The lowest BCUT2D eigenvalue weighted by Gasteiger charge is -2.12. The van der Waals surface area contributed by atoms with Crippen LogP contribution in [-0.2, 0) is 16.4 Å². The van der Waals surface area contributed by atoms with Crippen LogP contribution in [0.5, 0.6) is 11.5 Å². The first-order valence-electron chi connectivity index (χ1n) is 7.66. The summed E-state index contributed by atoms with van der Waals surface area (Å²) in [6, 6.07) is 14.2. The average Bonchev–Trinajstić information content (AvgIpc) is 3.07. The zero-order chi connectivity index (χ0) is 17.0. The van der Waals surface area contributed by atoms with Crippen LogP contribution >= 0.6 is 0 Å². The number of aryl methyl sites for hydroxylation is 1. The molecule has 1 atom stereocenters. The van der Waals surface area contributed by atoms with Crippen molar-refractivity contribution in [3.05, 3.63) is 54.1 Å². The van der Waals surface area contributed by atoms with E-state index in [0.717, 1.165) is 5.56 Å². The molecule has 1 aliphatic rings. The normalized spacial score (nSPS) is 14.5. The van der Waals surface area contributed by atoms with Crippen LogP contribution in [-0.4, -0.2) is 33.0 Å². The van der Waals surface area contributed by atoms with E-state index in [2.05, 4.69) is 4.72 Å². The minimum absolute atomic E-state index is 0.0381. The number of benzene rings is 2. The van der Waals surface area contributed by atoms with E-state index < -0.39 is 16.1 Å². The number of ether oxygens (including phenoxy) is 2. The number of aliphatic hydroxyl groups is 1. The van der Waals surface area contributed by atoms with Gasteiger partial charge in [-0.05, 0) is 30.5 Å². The second-order valence-corrected chi connectivity index (χ2v) is 7.31. The van der Waals surface area contributed by atoms with Gasteiger partial charge < -0.3 is 14.6 Å². The highest BCUT2D eigenvalue weighted by atomic mass is 32.2. The molecule has 0 radical (unpaired) electrons. The third-order valence-electron chi connectivity index (χ3n) is 3.77. The van der Waals surface area contributed by atoms with E-state index in [1.54, 1.807) is 6.07 Å². The highest BCUT2D eigenvalue weighted by molar-refractivity contribution is 7.89. The molecule has 24 heavy (non-hydrogen) atoms. The smallest absolute Gasteiger partial charge is 0.240 e. The molecule has 1 unspecified atom stereocenters. The van der Waals surface area contributed by atoms with Crippen molar-refractivity contribution in [3.8, 4) is 11.5 Å². The summed E-state index contributed by atoms with van der Waals surface area (Å²) in [5.41, 5.74) is 1.11. The Morgan fingerprint density at radius 1 is 1.08 bits per heavy atom. The van der Waals surface area contributed by atoms with Crippen molar-refractivity contribution in [2.24, 2.45) is 0 Å². The van der Waals surface area contributed by atoms with Gasteiger partial charge in [-0.15, -0.1) is 0 Å². The molecular weight excluding hydrogens is 330 g/mol. The van der Waals surface area contributed by atoms with Crippen LogP contribution in [0.15, 0.2) is 53.4 Å². The first-order valence-corrected chi connectivity index (χ1v) is 9.14. The van der Waals surface area contributed by atoms with Gasteiger partial charge in [-0.3, -0.25) is 0 Å². The van der Waals surface area contributed by atoms with Gasteiger partial charge in [0.15, 0.2) is 11.5 Å². The average molecular weight is 349 g/mol. The fourth-order valence-corrected chi connectivity index (χ4v) is 3.50. The van der Waals surface area contributed by atoms with Crippen LogP contribution in [0.4, 0.5) is 0 Å². The van der Waals surface area contributed by atoms with Crippen LogP contribution < -0.4 is 14.2 Å². The molecule has 0 saturated carbocycles. The quantitative estimate of drug-likeness (QED) is 0.795. The van der Waals surface area contributed by atoms with E-state index in [-0.39, 0.29) is 18.2 Å². The van der Waals surface area contributed by atoms with Gasteiger partial charge in [0.2, 0.25) is 16.8 Å². The number of hydrogen-bond acceptors (Lipinski definition) is 5. The molecule has 0 amide bonds. The number of fused-ring (bicyclic) bond motifs is 1. The molecule has 0 spiro atoms. The highest BCUT2D eigenvalue weighted by Gasteiger charge is 2.20. The van der Waals surface area contributed by atoms with Gasteiger partial charge in [-0.25, -0.2) is 13.1 Å². The summed E-state index contributed by atoms with van der Waals surface area (Å²) in [4.78, 5) is 0.0852. The SMILES string of the molecule is O=S(=O)(NCC(O)CCc1ccccc1)c1ccc2c(c1)OCO2. The van der Waals surface area contributed by atoms with Crippen molar-refractivity contribution in [1.29, 1.82) is 0 Å². The topological polar surface area (TPSA) is 84.9 Å². The molecule has 0 saturated heterocycles. The Morgan fingerprint density at radius 2 is 1.83 bits per heavy atom. The molecule has 0 aliphatic carbocycles. The lowest BCUT2D eigenvalue weighted by atomic mass is 10.1. The van der Waals surface area contributed by atoms with Crippen molar-refractivity contribution in [3.63, 3.8) is 0 Å². The summed E-state index contributed by atoms with van der Waals surface area (Å²) in [7, 11) is -3.71. The highest BCUT2D eigenvalue weighted by Crippen LogP contribution is 2.33. The summed E-state index contributed by atoms with van der Waals surface area (Å²) in [5.74, 6) is 0.930. The minimum Gasteiger partial charge on any atom is -0.454 e. The van der Waals surface area contributed by atoms with Crippen molar-refractivity contribution < 1.29 is 23.0 Å². The second-order valence-electron chi connectivity index (χ2n) is 5.55. The maximum Gasteiger partial charge on any atom is 0.240 e. The van der Waals surface area contributed by atoms with E-state index in [0.29, 0.717) is 24.3 Å². The largest absolute Gasteiger partial charge is 0.454 e. The van der Waals surface area contributed by atoms with Crippen LogP contribution in [0.1, 0.15) is 12.0 Å². The monoisotopic (exact) mass is 349 g/mol. The van der Waals surface area contributed by atoms with E-state index in [1.807, 2.05) is 30.3 Å². The molecule has 6 nitrogen and oxygen atoms in total. The summed E-state index contributed by atoms with van der Waals surface area (Å²) < 4.78 is 37.4. The molecule has 128 valence electrons. The third kappa shape index (κ3) is 4.05. The second kappa shape index (κ2) is 7.21. The molecule has 1 heterocycles. The number of hydrogen-bond donors (Lipinski definition) is 2. The summed E-state index contributed by atoms with van der Waals surface area (Å²) >= 11 is 0. The van der Waals surface area contributed by atoms with Crippen molar-refractivity contribution in [1.82, 2.24) is 4.72 Å². The third-order valence-corrected chi connectivity index (χ3v) is 5.19. The maximum absolute atomic E-state index is 12.3. The van der Waals surface area contributed by atoms with Crippen LogP contribution in [0.2, 0.25) is 0 Å². The van der Waals surface area contributed by atoms with Gasteiger partial charge in [0, 0.05) is 12.6 Å². The molecule has 3 rings (SSSR count). The Hall–Kier alpha value is -2.09. The molecule has 2 aromatic rings. The Kier molecular flexibility index (Phi) is 5.03. The summed E-state index contributed by atoms with van der Waals surface area (Å²) in [5, 5.41) is 10.0. The zero-order valence-corrected chi connectivity index (χ0v) is 13.8. The standard InChI is InChI=1S/C17H19NO5S/c19-14(7-6-13-4-2-1-3-5-13)11-18-24(20,21)15-8-9-16-17(10-15)23-12-22-16/h1-5,8-10,14,18-19H,6-7,11-12H2. The molecule has 0 fully saturated rings. The Balaban J connectivity index is 1.55. The fourth-order valence-electron chi connectivity index (χ4n) is 2.41. The van der Waals surface area contributed by atoms with Gasteiger partial charge in [0.25, 0.3) is 0 Å². The molecule has 2 N–H and O–H groups in total. The van der Waals surface area contributed by atoms with Crippen LogP contribution in [0.3, 0.4) is 0 Å². The van der Waals surface area contributed by atoms with Gasteiger partial charge in [0.1, 0.15) is 0 Å². The van der Waals surface area contributed by atoms with Gasteiger partial charge in [-0.1, -0.05) is 30.3 Å². The lowest BCUT2D eigenvalue weighted by Crippen LogP contribution is -2.32. The van der Waals surface area contributed by atoms with Crippen LogP contribution in [0.25, 0.3) is 0 Å². The molecule has 2 aromatic carbocycles. The molecule has 1 aliphatic heterocycles.